The Morgan fingerprint density at radius 3 is 2.21 bits per heavy atom. The molecule has 1 fully saturated rings. The lowest BCUT2D eigenvalue weighted by Crippen LogP contribution is -2.49. The number of amides is 2. The summed E-state index contributed by atoms with van der Waals surface area (Å²) in [6.07, 6.45) is 4.19. The summed E-state index contributed by atoms with van der Waals surface area (Å²) in [4.78, 5) is 28.5. The molecule has 146 valence electrons. The molecule has 0 spiro atoms. The average Bonchev–Trinajstić information content (AvgIpc) is 2.74. The minimum atomic E-state index is -0.220. The predicted octanol–water partition coefficient (Wildman–Crippen LogP) is 2.55. The van der Waals surface area contributed by atoms with E-state index in [2.05, 4.69) is 34.5 Å². The molecule has 0 aliphatic carbocycles. The van der Waals surface area contributed by atoms with Crippen molar-refractivity contribution in [1.82, 2.24) is 15.1 Å². The third kappa shape index (κ3) is 6.35. The third-order valence-corrected chi connectivity index (χ3v) is 4.84. The summed E-state index contributed by atoms with van der Waals surface area (Å²) >= 11 is 0. The normalized spacial score (nSPS) is 14.9. The maximum Gasteiger partial charge on any atom is 0.232 e. The number of nitrogens with zero attached hydrogens (tertiary/aromatic N) is 2. The van der Waals surface area contributed by atoms with Gasteiger partial charge in [-0.05, 0) is 11.1 Å². The van der Waals surface area contributed by atoms with Gasteiger partial charge in [0.05, 0.1) is 0 Å². The van der Waals surface area contributed by atoms with Gasteiger partial charge in [-0.25, -0.2) is 0 Å². The van der Waals surface area contributed by atoms with Crippen LogP contribution < -0.4 is 5.32 Å². The Morgan fingerprint density at radius 2 is 1.54 bits per heavy atom. The van der Waals surface area contributed by atoms with Crippen LogP contribution in [0.2, 0.25) is 0 Å². The molecule has 5 nitrogen and oxygen atoms in total. The van der Waals surface area contributed by atoms with Crippen LogP contribution in [0.5, 0.6) is 0 Å². The lowest BCUT2D eigenvalue weighted by molar-refractivity contribution is -0.137. The number of hydrogen-bond acceptors (Lipinski definition) is 3. The van der Waals surface area contributed by atoms with Gasteiger partial charge in [-0.2, -0.15) is 0 Å². The minimum Gasteiger partial charge on any atom is -0.352 e. The largest absolute Gasteiger partial charge is 0.352 e. The van der Waals surface area contributed by atoms with Gasteiger partial charge in [0, 0.05) is 39.3 Å². The van der Waals surface area contributed by atoms with Crippen LogP contribution in [0.15, 0.2) is 66.7 Å². The number of piperazine rings is 1. The quantitative estimate of drug-likeness (QED) is 0.755. The van der Waals surface area contributed by atoms with Crippen molar-refractivity contribution in [2.45, 2.75) is 13.0 Å². The maximum absolute atomic E-state index is 12.4. The van der Waals surface area contributed by atoms with Crippen LogP contribution in [0.25, 0.3) is 6.08 Å². The number of nitrogens with one attached hydrogen (secondary N) is 1. The Bertz CT molecular complexity index is 782. The van der Waals surface area contributed by atoms with E-state index in [1.54, 1.807) is 4.90 Å². The van der Waals surface area contributed by atoms with E-state index in [0.29, 0.717) is 19.6 Å². The molecule has 0 aromatic heterocycles. The molecule has 0 saturated carbocycles. The summed E-state index contributed by atoms with van der Waals surface area (Å²) < 4.78 is 0. The number of carbonyl (C=O) groups is 2. The smallest absolute Gasteiger partial charge is 0.232 e. The summed E-state index contributed by atoms with van der Waals surface area (Å²) in [5.74, 6) is -0.313. The van der Waals surface area contributed by atoms with Crippen molar-refractivity contribution in [1.29, 1.82) is 0 Å². The molecular weight excluding hydrogens is 350 g/mol. The van der Waals surface area contributed by atoms with Crippen molar-refractivity contribution in [2.24, 2.45) is 0 Å². The van der Waals surface area contributed by atoms with Crippen molar-refractivity contribution in [2.75, 3.05) is 32.7 Å². The van der Waals surface area contributed by atoms with Crippen LogP contribution in [0, 0.1) is 0 Å². The molecule has 0 bridgehead atoms. The molecule has 3 rings (SSSR count). The molecule has 1 N–H and O–H groups in total. The Kier molecular flexibility index (Phi) is 7.38. The van der Waals surface area contributed by atoms with Crippen LogP contribution in [0.3, 0.4) is 0 Å². The van der Waals surface area contributed by atoms with Gasteiger partial charge in [0.1, 0.15) is 6.42 Å². The van der Waals surface area contributed by atoms with Crippen molar-refractivity contribution in [3.8, 4) is 0 Å². The molecule has 5 heteroatoms. The number of benzene rings is 2. The van der Waals surface area contributed by atoms with E-state index in [9.17, 15) is 9.59 Å². The highest BCUT2D eigenvalue weighted by Gasteiger charge is 2.22. The fourth-order valence-electron chi connectivity index (χ4n) is 3.19. The number of rotatable bonds is 7. The van der Waals surface area contributed by atoms with Gasteiger partial charge in [0.2, 0.25) is 11.8 Å². The number of carbonyl (C=O) groups excluding carboxylic acids is 2. The Labute approximate surface area is 166 Å². The van der Waals surface area contributed by atoms with Crippen LogP contribution in [0.4, 0.5) is 0 Å². The topological polar surface area (TPSA) is 52.7 Å². The molecule has 0 radical (unpaired) electrons. The molecule has 1 aliphatic heterocycles. The van der Waals surface area contributed by atoms with E-state index in [1.165, 1.54) is 5.56 Å². The monoisotopic (exact) mass is 377 g/mol. The van der Waals surface area contributed by atoms with E-state index in [4.69, 9.17) is 0 Å². The molecular formula is C23H27N3O2. The van der Waals surface area contributed by atoms with Gasteiger partial charge in [0.15, 0.2) is 0 Å². The lowest BCUT2D eigenvalue weighted by Gasteiger charge is -2.34. The second kappa shape index (κ2) is 10.4. The van der Waals surface area contributed by atoms with Crippen LogP contribution in [-0.2, 0) is 16.1 Å². The predicted molar refractivity (Wildman–Crippen MR) is 111 cm³/mol. The van der Waals surface area contributed by atoms with Crippen molar-refractivity contribution in [3.63, 3.8) is 0 Å². The molecule has 28 heavy (non-hydrogen) atoms. The SMILES string of the molecule is O=C(CC(=O)N1CCN(C/C=C/c2ccccc2)CC1)NCc1ccccc1. The summed E-state index contributed by atoms with van der Waals surface area (Å²) in [6.45, 7) is 4.32. The second-order valence-corrected chi connectivity index (χ2v) is 6.93. The summed E-state index contributed by atoms with van der Waals surface area (Å²) in [7, 11) is 0. The van der Waals surface area contributed by atoms with Gasteiger partial charge >= 0.3 is 0 Å². The van der Waals surface area contributed by atoms with E-state index >= 15 is 0 Å². The van der Waals surface area contributed by atoms with Crippen molar-refractivity contribution >= 4 is 17.9 Å². The first-order valence-electron chi connectivity index (χ1n) is 9.73. The number of hydrogen-bond donors (Lipinski definition) is 1. The molecule has 0 unspecified atom stereocenters. The first-order chi connectivity index (χ1) is 13.7. The van der Waals surface area contributed by atoms with Gasteiger partial charge < -0.3 is 10.2 Å². The van der Waals surface area contributed by atoms with Gasteiger partial charge in [-0.3, -0.25) is 14.5 Å². The van der Waals surface area contributed by atoms with E-state index in [0.717, 1.165) is 25.2 Å². The Morgan fingerprint density at radius 1 is 0.893 bits per heavy atom. The van der Waals surface area contributed by atoms with E-state index < -0.39 is 0 Å². The zero-order valence-corrected chi connectivity index (χ0v) is 16.1. The highest BCUT2D eigenvalue weighted by Crippen LogP contribution is 2.06. The molecule has 2 amide bonds. The fraction of sp³-hybridized carbons (Fsp3) is 0.304. The zero-order valence-electron chi connectivity index (χ0n) is 16.1. The second-order valence-electron chi connectivity index (χ2n) is 6.93. The minimum absolute atomic E-state index is 0.0826. The molecule has 2 aromatic rings. The van der Waals surface area contributed by atoms with Crippen LogP contribution >= 0.6 is 0 Å². The molecule has 1 aliphatic rings. The molecule has 0 atom stereocenters. The highest BCUT2D eigenvalue weighted by molar-refractivity contribution is 5.96. The van der Waals surface area contributed by atoms with Gasteiger partial charge in [0.25, 0.3) is 0 Å². The van der Waals surface area contributed by atoms with Gasteiger partial charge in [-0.15, -0.1) is 0 Å². The summed E-state index contributed by atoms with van der Waals surface area (Å²) in [5.41, 5.74) is 2.22. The summed E-state index contributed by atoms with van der Waals surface area (Å²) in [6, 6.07) is 19.9. The summed E-state index contributed by atoms with van der Waals surface area (Å²) in [5, 5.41) is 2.82. The standard InChI is InChI=1S/C23H27N3O2/c27-22(24-19-21-10-5-2-6-11-21)18-23(28)26-16-14-25(15-17-26)13-7-12-20-8-3-1-4-9-20/h1-12H,13-19H2,(H,24,27)/b12-7+. The average molecular weight is 377 g/mol. The maximum atomic E-state index is 12.4. The van der Waals surface area contributed by atoms with Crippen LogP contribution in [-0.4, -0.2) is 54.3 Å². The van der Waals surface area contributed by atoms with Crippen molar-refractivity contribution < 1.29 is 9.59 Å². The van der Waals surface area contributed by atoms with E-state index in [1.807, 2.05) is 48.5 Å². The Hall–Kier alpha value is -2.92. The zero-order chi connectivity index (χ0) is 19.6. The van der Waals surface area contributed by atoms with Crippen molar-refractivity contribution in [3.05, 3.63) is 77.9 Å². The first-order valence-corrected chi connectivity index (χ1v) is 9.73. The lowest BCUT2D eigenvalue weighted by atomic mass is 10.2. The fourth-order valence-corrected chi connectivity index (χ4v) is 3.19. The molecule has 1 heterocycles. The van der Waals surface area contributed by atoms with Gasteiger partial charge in [-0.1, -0.05) is 72.8 Å². The van der Waals surface area contributed by atoms with E-state index in [-0.39, 0.29) is 18.2 Å². The van der Waals surface area contributed by atoms with Crippen LogP contribution in [0.1, 0.15) is 17.5 Å². The molecule has 2 aromatic carbocycles. The third-order valence-electron chi connectivity index (χ3n) is 4.84. The Balaban J connectivity index is 1.35. The molecule has 1 saturated heterocycles. The highest BCUT2D eigenvalue weighted by atomic mass is 16.2. The first kappa shape index (κ1) is 19.8.